The van der Waals surface area contributed by atoms with E-state index in [0.717, 1.165) is 11.3 Å². The molecule has 0 aliphatic rings. The van der Waals surface area contributed by atoms with Crippen molar-refractivity contribution < 1.29 is 4.74 Å². The molecule has 0 radical (unpaired) electrons. The molecular formula is C12H15N5OS. The van der Waals surface area contributed by atoms with Crippen LogP contribution in [0.5, 0.6) is 0 Å². The molecule has 0 aliphatic carbocycles. The summed E-state index contributed by atoms with van der Waals surface area (Å²) in [5.74, 6) is 0.677. The van der Waals surface area contributed by atoms with Crippen molar-refractivity contribution in [2.24, 2.45) is 5.73 Å². The molecule has 3 N–H and O–H groups in total. The lowest BCUT2D eigenvalue weighted by Crippen LogP contribution is -2.09. The van der Waals surface area contributed by atoms with Crippen LogP contribution < -0.4 is 11.1 Å². The van der Waals surface area contributed by atoms with Gasteiger partial charge in [-0.25, -0.2) is 4.98 Å². The number of hydrogen-bond acceptors (Lipinski definition) is 5. The largest absolute Gasteiger partial charge is 0.389 e. The number of hydrogen-bond donors (Lipinski definition) is 2. The third-order valence-electron chi connectivity index (χ3n) is 2.47. The fourth-order valence-corrected chi connectivity index (χ4v) is 1.66. The zero-order valence-electron chi connectivity index (χ0n) is 10.5. The average molecular weight is 277 g/mol. The van der Waals surface area contributed by atoms with Gasteiger partial charge in [0.05, 0.1) is 25.0 Å². The standard InChI is InChI=1S/C12H15N5OS/c1-18-5-4-17-8-10(7-15-17)16-11-6-9(12(13)19)2-3-14-11/h2-3,6-8H,4-5H2,1H3,(H2,13,19)(H,14,16). The van der Waals surface area contributed by atoms with Crippen LogP contribution in [0.25, 0.3) is 0 Å². The number of rotatable bonds is 6. The van der Waals surface area contributed by atoms with Crippen molar-refractivity contribution in [2.45, 2.75) is 6.54 Å². The quantitative estimate of drug-likeness (QED) is 0.775. The van der Waals surface area contributed by atoms with Gasteiger partial charge >= 0.3 is 0 Å². The lowest BCUT2D eigenvalue weighted by molar-refractivity contribution is 0.183. The maximum atomic E-state index is 5.58. The van der Waals surface area contributed by atoms with Crippen LogP contribution in [-0.4, -0.2) is 33.5 Å². The lowest BCUT2D eigenvalue weighted by Gasteiger charge is -2.04. The predicted molar refractivity (Wildman–Crippen MR) is 77.5 cm³/mol. The highest BCUT2D eigenvalue weighted by Crippen LogP contribution is 2.14. The Hall–Kier alpha value is -1.99. The van der Waals surface area contributed by atoms with Crippen molar-refractivity contribution in [3.05, 3.63) is 36.3 Å². The van der Waals surface area contributed by atoms with E-state index in [-0.39, 0.29) is 0 Å². The Kier molecular flexibility index (Phi) is 4.43. The SMILES string of the molecule is COCCn1cc(Nc2cc(C(N)=S)ccn2)cn1. The summed E-state index contributed by atoms with van der Waals surface area (Å²) < 4.78 is 6.79. The summed E-state index contributed by atoms with van der Waals surface area (Å²) in [5.41, 5.74) is 7.21. The van der Waals surface area contributed by atoms with Gasteiger partial charge in [0.15, 0.2) is 0 Å². The first kappa shape index (κ1) is 13.4. The van der Waals surface area contributed by atoms with E-state index in [0.29, 0.717) is 24.0 Å². The number of nitrogens with two attached hydrogens (primary N) is 1. The van der Waals surface area contributed by atoms with Gasteiger partial charge in [-0.05, 0) is 12.1 Å². The number of thiocarbonyl (C=S) groups is 1. The van der Waals surface area contributed by atoms with E-state index in [1.165, 1.54) is 0 Å². The minimum atomic E-state index is 0.348. The van der Waals surface area contributed by atoms with Crippen LogP contribution in [0.2, 0.25) is 0 Å². The van der Waals surface area contributed by atoms with E-state index >= 15 is 0 Å². The topological polar surface area (TPSA) is 78.0 Å². The Bertz CT molecular complexity index is 569. The van der Waals surface area contributed by atoms with E-state index in [1.807, 2.05) is 6.20 Å². The molecule has 7 heteroatoms. The predicted octanol–water partition coefficient (Wildman–Crippen LogP) is 1.30. The van der Waals surface area contributed by atoms with Gasteiger partial charge < -0.3 is 15.8 Å². The van der Waals surface area contributed by atoms with Crippen LogP contribution in [0.4, 0.5) is 11.5 Å². The van der Waals surface area contributed by atoms with E-state index < -0.39 is 0 Å². The number of nitrogens with one attached hydrogen (secondary N) is 1. The van der Waals surface area contributed by atoms with Gasteiger partial charge in [-0.3, -0.25) is 4.68 Å². The zero-order valence-corrected chi connectivity index (χ0v) is 11.4. The maximum absolute atomic E-state index is 5.58. The number of pyridine rings is 1. The Labute approximate surface area is 116 Å². The van der Waals surface area contributed by atoms with Gasteiger partial charge in [0, 0.05) is 25.1 Å². The second-order valence-electron chi connectivity index (χ2n) is 3.90. The number of ether oxygens (including phenoxy) is 1. The number of methoxy groups -OCH3 is 1. The molecule has 0 aromatic carbocycles. The number of nitrogens with zero attached hydrogens (tertiary/aromatic N) is 3. The van der Waals surface area contributed by atoms with Crippen LogP contribution in [0.1, 0.15) is 5.56 Å². The third-order valence-corrected chi connectivity index (χ3v) is 2.71. The van der Waals surface area contributed by atoms with E-state index in [9.17, 15) is 0 Å². The molecule has 2 aromatic heterocycles. The monoisotopic (exact) mass is 277 g/mol. The summed E-state index contributed by atoms with van der Waals surface area (Å²) in [6.07, 6.45) is 5.27. The van der Waals surface area contributed by atoms with Crippen molar-refractivity contribution in [3.8, 4) is 0 Å². The van der Waals surface area contributed by atoms with Gasteiger partial charge in [0.25, 0.3) is 0 Å². The molecular weight excluding hydrogens is 262 g/mol. The second-order valence-corrected chi connectivity index (χ2v) is 4.34. The van der Waals surface area contributed by atoms with E-state index in [4.69, 9.17) is 22.7 Å². The molecule has 2 heterocycles. The molecule has 6 nitrogen and oxygen atoms in total. The van der Waals surface area contributed by atoms with Crippen molar-refractivity contribution in [2.75, 3.05) is 19.0 Å². The highest BCUT2D eigenvalue weighted by molar-refractivity contribution is 7.80. The average Bonchev–Trinajstić information content (AvgIpc) is 2.84. The maximum Gasteiger partial charge on any atom is 0.131 e. The molecule has 0 spiro atoms. The van der Waals surface area contributed by atoms with Crippen LogP contribution in [0.15, 0.2) is 30.7 Å². The van der Waals surface area contributed by atoms with Gasteiger partial charge in [0.2, 0.25) is 0 Å². The molecule has 0 unspecified atom stereocenters. The minimum Gasteiger partial charge on any atom is -0.389 e. The highest BCUT2D eigenvalue weighted by atomic mass is 32.1. The summed E-state index contributed by atoms with van der Waals surface area (Å²) in [7, 11) is 1.66. The Morgan fingerprint density at radius 3 is 3.16 bits per heavy atom. The van der Waals surface area contributed by atoms with Crippen LogP contribution in [0.3, 0.4) is 0 Å². The summed E-state index contributed by atoms with van der Waals surface area (Å²) >= 11 is 4.93. The summed E-state index contributed by atoms with van der Waals surface area (Å²) in [5, 5.41) is 7.35. The fraction of sp³-hybridized carbons (Fsp3) is 0.250. The van der Waals surface area contributed by atoms with Crippen LogP contribution in [0, 0.1) is 0 Å². The Morgan fingerprint density at radius 2 is 2.42 bits per heavy atom. The van der Waals surface area contributed by atoms with Crippen molar-refractivity contribution in [3.63, 3.8) is 0 Å². The first-order chi connectivity index (χ1) is 9.19. The summed E-state index contributed by atoms with van der Waals surface area (Å²) in [6, 6.07) is 3.57. The fourth-order valence-electron chi connectivity index (χ4n) is 1.54. The molecule has 0 fully saturated rings. The molecule has 0 atom stereocenters. The Balaban J connectivity index is 2.06. The first-order valence-electron chi connectivity index (χ1n) is 5.73. The van der Waals surface area contributed by atoms with Crippen LogP contribution >= 0.6 is 12.2 Å². The first-order valence-corrected chi connectivity index (χ1v) is 6.14. The number of aromatic nitrogens is 3. The van der Waals surface area contributed by atoms with E-state index in [1.54, 1.807) is 36.3 Å². The molecule has 2 aromatic rings. The second kappa shape index (κ2) is 6.26. The van der Waals surface area contributed by atoms with Gasteiger partial charge in [-0.15, -0.1) is 0 Å². The molecule has 0 saturated carbocycles. The molecule has 2 rings (SSSR count). The minimum absolute atomic E-state index is 0.348. The van der Waals surface area contributed by atoms with Crippen LogP contribution in [-0.2, 0) is 11.3 Å². The van der Waals surface area contributed by atoms with Crippen molar-refractivity contribution in [1.82, 2.24) is 14.8 Å². The highest BCUT2D eigenvalue weighted by Gasteiger charge is 2.02. The molecule has 0 aliphatic heterocycles. The van der Waals surface area contributed by atoms with Crippen molar-refractivity contribution in [1.29, 1.82) is 0 Å². The molecule has 19 heavy (non-hydrogen) atoms. The summed E-state index contributed by atoms with van der Waals surface area (Å²) in [6.45, 7) is 1.33. The molecule has 0 saturated heterocycles. The van der Waals surface area contributed by atoms with Gasteiger partial charge in [-0.2, -0.15) is 5.10 Å². The smallest absolute Gasteiger partial charge is 0.131 e. The Morgan fingerprint density at radius 1 is 1.58 bits per heavy atom. The van der Waals surface area contributed by atoms with E-state index in [2.05, 4.69) is 15.4 Å². The molecule has 100 valence electrons. The molecule has 0 amide bonds. The van der Waals surface area contributed by atoms with Gasteiger partial charge in [0.1, 0.15) is 10.8 Å². The lowest BCUT2D eigenvalue weighted by atomic mass is 10.2. The number of anilines is 2. The van der Waals surface area contributed by atoms with Gasteiger partial charge in [-0.1, -0.05) is 12.2 Å². The van der Waals surface area contributed by atoms with Crippen molar-refractivity contribution >= 4 is 28.7 Å². The normalized spacial score (nSPS) is 10.4. The third kappa shape index (κ3) is 3.73. The molecule has 0 bridgehead atoms. The zero-order chi connectivity index (χ0) is 13.7. The summed E-state index contributed by atoms with van der Waals surface area (Å²) in [4.78, 5) is 4.55.